The average molecular weight is 235 g/mol. The van der Waals surface area contributed by atoms with Crippen LogP contribution >= 0.6 is 0 Å². The van der Waals surface area contributed by atoms with Crippen molar-refractivity contribution >= 4 is 0 Å². The molecule has 1 aromatic carbocycles. The van der Waals surface area contributed by atoms with Crippen LogP contribution in [-0.2, 0) is 0 Å². The van der Waals surface area contributed by atoms with E-state index in [1.165, 1.54) is 0 Å². The number of rotatable bonds is 7. The van der Waals surface area contributed by atoms with Crippen molar-refractivity contribution in [3.05, 3.63) is 30.3 Å². The SMILES string of the molecule is CC(N)CC(C)(C)CCCOc1ccccc1. The Morgan fingerprint density at radius 2 is 1.88 bits per heavy atom. The fraction of sp³-hybridized carbons (Fsp3) is 0.600. The lowest BCUT2D eigenvalue weighted by Crippen LogP contribution is -2.25. The maximum atomic E-state index is 5.84. The Morgan fingerprint density at radius 3 is 2.47 bits per heavy atom. The molecular formula is C15H25NO. The number of nitrogens with two attached hydrogens (primary N) is 1. The lowest BCUT2D eigenvalue weighted by atomic mass is 9.82. The molecule has 0 aromatic heterocycles. The highest BCUT2D eigenvalue weighted by atomic mass is 16.5. The second-order valence-corrected chi connectivity index (χ2v) is 5.61. The maximum Gasteiger partial charge on any atom is 0.119 e. The molecule has 0 aliphatic rings. The summed E-state index contributed by atoms with van der Waals surface area (Å²) in [6, 6.07) is 10.3. The molecule has 2 N–H and O–H groups in total. The minimum absolute atomic E-state index is 0.278. The van der Waals surface area contributed by atoms with Gasteiger partial charge in [-0.25, -0.2) is 0 Å². The van der Waals surface area contributed by atoms with Gasteiger partial charge in [0.15, 0.2) is 0 Å². The highest BCUT2D eigenvalue weighted by Crippen LogP contribution is 2.27. The molecule has 0 amide bonds. The summed E-state index contributed by atoms with van der Waals surface area (Å²) in [4.78, 5) is 0. The third kappa shape index (κ3) is 6.32. The van der Waals surface area contributed by atoms with Crippen LogP contribution in [0.3, 0.4) is 0 Å². The Kier molecular flexibility index (Phi) is 5.49. The molecule has 96 valence electrons. The van der Waals surface area contributed by atoms with Crippen molar-refractivity contribution in [3.63, 3.8) is 0 Å². The normalized spacial score (nSPS) is 13.4. The predicted molar refractivity (Wildman–Crippen MR) is 73.2 cm³/mol. The van der Waals surface area contributed by atoms with Crippen LogP contribution in [0.15, 0.2) is 30.3 Å². The zero-order valence-corrected chi connectivity index (χ0v) is 11.3. The zero-order chi connectivity index (χ0) is 12.7. The third-order valence-corrected chi connectivity index (χ3v) is 2.88. The molecule has 0 saturated carbocycles. The van der Waals surface area contributed by atoms with Gasteiger partial charge in [-0.15, -0.1) is 0 Å². The molecule has 1 rings (SSSR count). The molecule has 0 bridgehead atoms. The van der Waals surface area contributed by atoms with E-state index in [1.54, 1.807) is 0 Å². The third-order valence-electron chi connectivity index (χ3n) is 2.88. The van der Waals surface area contributed by atoms with E-state index in [0.717, 1.165) is 31.6 Å². The number of benzene rings is 1. The predicted octanol–water partition coefficient (Wildman–Crippen LogP) is 3.61. The first-order valence-corrected chi connectivity index (χ1v) is 6.43. The first kappa shape index (κ1) is 14.0. The van der Waals surface area contributed by atoms with Crippen LogP contribution in [0.1, 0.15) is 40.0 Å². The summed E-state index contributed by atoms with van der Waals surface area (Å²) in [5, 5.41) is 0. The van der Waals surface area contributed by atoms with Gasteiger partial charge in [0.1, 0.15) is 5.75 Å². The summed E-state index contributed by atoms with van der Waals surface area (Å²) in [6.45, 7) is 7.41. The topological polar surface area (TPSA) is 35.2 Å². The molecule has 0 radical (unpaired) electrons. The van der Waals surface area contributed by atoms with Crippen molar-refractivity contribution in [2.75, 3.05) is 6.61 Å². The molecule has 1 unspecified atom stereocenters. The van der Waals surface area contributed by atoms with Gasteiger partial charge >= 0.3 is 0 Å². The summed E-state index contributed by atoms with van der Waals surface area (Å²) >= 11 is 0. The van der Waals surface area contributed by atoms with Gasteiger partial charge in [0.05, 0.1) is 6.61 Å². The van der Waals surface area contributed by atoms with Crippen LogP contribution in [0.4, 0.5) is 0 Å². The summed E-state index contributed by atoms with van der Waals surface area (Å²) < 4.78 is 5.68. The molecule has 2 heteroatoms. The van der Waals surface area contributed by atoms with E-state index in [0.29, 0.717) is 5.41 Å². The van der Waals surface area contributed by atoms with E-state index in [9.17, 15) is 0 Å². The Morgan fingerprint density at radius 1 is 1.24 bits per heavy atom. The largest absolute Gasteiger partial charge is 0.494 e. The quantitative estimate of drug-likeness (QED) is 0.733. The molecule has 0 fully saturated rings. The van der Waals surface area contributed by atoms with Gasteiger partial charge in [0, 0.05) is 6.04 Å². The van der Waals surface area contributed by atoms with Gasteiger partial charge in [-0.1, -0.05) is 32.0 Å². The van der Waals surface area contributed by atoms with Gasteiger partial charge in [0.2, 0.25) is 0 Å². The number of para-hydroxylation sites is 1. The summed E-state index contributed by atoms with van der Waals surface area (Å²) in [5.74, 6) is 0.956. The molecular weight excluding hydrogens is 210 g/mol. The lowest BCUT2D eigenvalue weighted by molar-refractivity contribution is 0.237. The first-order valence-electron chi connectivity index (χ1n) is 6.43. The van der Waals surface area contributed by atoms with E-state index in [4.69, 9.17) is 10.5 Å². The first-order chi connectivity index (χ1) is 7.99. The highest BCUT2D eigenvalue weighted by molar-refractivity contribution is 5.20. The summed E-state index contributed by atoms with van der Waals surface area (Å²) in [7, 11) is 0. The smallest absolute Gasteiger partial charge is 0.119 e. The molecule has 1 atom stereocenters. The van der Waals surface area contributed by atoms with Crippen LogP contribution in [0.5, 0.6) is 5.75 Å². The van der Waals surface area contributed by atoms with Crippen molar-refractivity contribution in [1.82, 2.24) is 0 Å². The molecule has 0 heterocycles. The van der Waals surface area contributed by atoms with Crippen molar-refractivity contribution < 1.29 is 4.74 Å². The maximum absolute atomic E-state index is 5.84. The molecule has 0 aliphatic carbocycles. The fourth-order valence-electron chi connectivity index (χ4n) is 2.23. The minimum atomic E-state index is 0.278. The molecule has 17 heavy (non-hydrogen) atoms. The molecule has 0 spiro atoms. The van der Waals surface area contributed by atoms with E-state index in [-0.39, 0.29) is 6.04 Å². The van der Waals surface area contributed by atoms with E-state index in [2.05, 4.69) is 20.8 Å². The van der Waals surface area contributed by atoms with Gasteiger partial charge < -0.3 is 10.5 Å². The molecule has 2 nitrogen and oxygen atoms in total. The van der Waals surface area contributed by atoms with Crippen LogP contribution in [-0.4, -0.2) is 12.6 Å². The average Bonchev–Trinajstić information content (AvgIpc) is 2.24. The van der Waals surface area contributed by atoms with Crippen molar-refractivity contribution in [3.8, 4) is 5.75 Å². The number of hydrogen-bond donors (Lipinski definition) is 1. The van der Waals surface area contributed by atoms with Gasteiger partial charge in [-0.3, -0.25) is 0 Å². The second kappa shape index (κ2) is 6.65. The van der Waals surface area contributed by atoms with Crippen LogP contribution in [0, 0.1) is 5.41 Å². The fourth-order valence-corrected chi connectivity index (χ4v) is 2.23. The number of ether oxygens (including phenoxy) is 1. The van der Waals surface area contributed by atoms with Crippen LogP contribution in [0.25, 0.3) is 0 Å². The Balaban J connectivity index is 2.20. The van der Waals surface area contributed by atoms with E-state index >= 15 is 0 Å². The minimum Gasteiger partial charge on any atom is -0.494 e. The van der Waals surface area contributed by atoms with Crippen molar-refractivity contribution in [2.24, 2.45) is 11.1 Å². The van der Waals surface area contributed by atoms with Crippen LogP contribution < -0.4 is 10.5 Å². The molecule has 0 saturated heterocycles. The van der Waals surface area contributed by atoms with E-state index < -0.39 is 0 Å². The van der Waals surface area contributed by atoms with Gasteiger partial charge in [-0.05, 0) is 43.7 Å². The highest BCUT2D eigenvalue weighted by Gasteiger charge is 2.18. The van der Waals surface area contributed by atoms with Crippen LogP contribution in [0.2, 0.25) is 0 Å². The van der Waals surface area contributed by atoms with Crippen molar-refractivity contribution in [2.45, 2.75) is 46.1 Å². The van der Waals surface area contributed by atoms with Crippen molar-refractivity contribution in [1.29, 1.82) is 0 Å². The van der Waals surface area contributed by atoms with E-state index in [1.807, 2.05) is 30.3 Å². The van der Waals surface area contributed by atoms with Gasteiger partial charge in [-0.2, -0.15) is 0 Å². The Hall–Kier alpha value is -1.02. The van der Waals surface area contributed by atoms with Gasteiger partial charge in [0.25, 0.3) is 0 Å². The lowest BCUT2D eigenvalue weighted by Gasteiger charge is -2.26. The molecule has 0 aliphatic heterocycles. The number of hydrogen-bond acceptors (Lipinski definition) is 2. The Bertz CT molecular complexity index is 306. The second-order valence-electron chi connectivity index (χ2n) is 5.61. The monoisotopic (exact) mass is 235 g/mol. The summed E-state index contributed by atoms with van der Waals surface area (Å²) in [6.07, 6.45) is 3.30. The molecule has 1 aromatic rings. The zero-order valence-electron chi connectivity index (χ0n) is 11.3. The summed E-state index contributed by atoms with van der Waals surface area (Å²) in [5.41, 5.74) is 6.16. The standard InChI is InChI=1S/C15H25NO/c1-13(16)12-15(2,3)10-7-11-17-14-8-5-4-6-9-14/h4-6,8-9,13H,7,10-12,16H2,1-3H3. The Labute approximate surface area is 105 Å².